The van der Waals surface area contributed by atoms with Crippen molar-refractivity contribution in [1.29, 1.82) is 0 Å². The maximum atomic E-state index is 12.9. The highest BCUT2D eigenvalue weighted by Gasteiger charge is 2.31. The minimum absolute atomic E-state index is 0.155. The molecule has 0 spiro atoms. The highest BCUT2D eigenvalue weighted by molar-refractivity contribution is 5.79. The van der Waals surface area contributed by atoms with Gasteiger partial charge < -0.3 is 9.80 Å². The number of H-pyrrole nitrogens is 1. The van der Waals surface area contributed by atoms with E-state index in [0.29, 0.717) is 11.8 Å². The van der Waals surface area contributed by atoms with Gasteiger partial charge in [-0.1, -0.05) is 18.2 Å². The second kappa shape index (κ2) is 8.53. The number of hydrogen-bond acceptors (Lipinski definition) is 4. The van der Waals surface area contributed by atoms with Crippen molar-refractivity contribution in [2.75, 3.05) is 33.2 Å². The fraction of sp³-hybridized carbons (Fsp3) is 0.591. The first-order chi connectivity index (χ1) is 14.0. The average molecular weight is 398 g/mol. The zero-order valence-corrected chi connectivity index (χ0v) is 17.4. The van der Waals surface area contributed by atoms with Crippen LogP contribution in [0.4, 0.5) is 0 Å². The van der Waals surface area contributed by atoms with Gasteiger partial charge in [0, 0.05) is 26.1 Å². The Morgan fingerprint density at radius 3 is 2.66 bits per heavy atom. The summed E-state index contributed by atoms with van der Waals surface area (Å²) >= 11 is 0. The van der Waals surface area contributed by atoms with Gasteiger partial charge in [0.15, 0.2) is 0 Å². The highest BCUT2D eigenvalue weighted by Crippen LogP contribution is 2.25. The number of amides is 1. The fourth-order valence-corrected chi connectivity index (χ4v) is 4.77. The Morgan fingerprint density at radius 1 is 1.17 bits per heavy atom. The van der Waals surface area contributed by atoms with Crippen molar-refractivity contribution in [3.8, 4) is 5.69 Å². The molecule has 1 amide bonds. The van der Waals surface area contributed by atoms with Crippen molar-refractivity contribution < 1.29 is 4.79 Å². The summed E-state index contributed by atoms with van der Waals surface area (Å²) in [6.07, 6.45) is 4.80. The van der Waals surface area contributed by atoms with E-state index in [2.05, 4.69) is 27.0 Å². The number of nitrogens with one attached hydrogen (secondary N) is 1. The van der Waals surface area contributed by atoms with Crippen LogP contribution in [0.15, 0.2) is 29.1 Å². The lowest BCUT2D eigenvalue weighted by atomic mass is 9.91. The summed E-state index contributed by atoms with van der Waals surface area (Å²) in [4.78, 5) is 29.6. The monoisotopic (exact) mass is 397 g/mol. The molecule has 2 aromatic rings. The number of aryl methyl sites for hydroxylation is 1. The molecule has 2 aliphatic rings. The molecule has 1 unspecified atom stereocenters. The van der Waals surface area contributed by atoms with Gasteiger partial charge in [0.05, 0.1) is 11.6 Å². The average Bonchev–Trinajstić information content (AvgIpc) is 3.08. The third-order valence-electron chi connectivity index (χ3n) is 6.47. The number of nitrogens with zero attached hydrogens (tertiary/aromatic N) is 4. The van der Waals surface area contributed by atoms with E-state index in [-0.39, 0.29) is 11.6 Å². The Morgan fingerprint density at radius 2 is 1.93 bits per heavy atom. The van der Waals surface area contributed by atoms with Gasteiger partial charge >= 0.3 is 5.69 Å². The van der Waals surface area contributed by atoms with E-state index in [1.54, 1.807) is 4.57 Å². The maximum absolute atomic E-state index is 12.9. The number of piperidine rings is 2. The number of aromatic nitrogens is 3. The molecule has 156 valence electrons. The van der Waals surface area contributed by atoms with Crippen LogP contribution in [-0.2, 0) is 11.2 Å². The fourth-order valence-electron chi connectivity index (χ4n) is 4.77. The van der Waals surface area contributed by atoms with E-state index in [9.17, 15) is 9.59 Å². The lowest BCUT2D eigenvalue weighted by Gasteiger charge is -2.36. The zero-order chi connectivity index (χ0) is 20.4. The molecule has 7 heteroatoms. The molecule has 0 aliphatic carbocycles. The summed E-state index contributed by atoms with van der Waals surface area (Å²) in [5.74, 6) is 1.70. The molecule has 1 N–H and O–H groups in total. The molecular formula is C22H31N5O2. The third-order valence-corrected chi connectivity index (χ3v) is 6.47. The maximum Gasteiger partial charge on any atom is 0.347 e. The first kappa shape index (κ1) is 19.9. The SMILES string of the molecule is Cc1ccccc1-n1c(CC2CCN(C(=O)C3CCCN(C)C3)CC2)n[nH]c1=O. The minimum atomic E-state index is -0.191. The molecule has 2 aliphatic heterocycles. The van der Waals surface area contributed by atoms with Crippen molar-refractivity contribution in [1.82, 2.24) is 24.6 Å². The van der Waals surface area contributed by atoms with Crippen LogP contribution in [0, 0.1) is 18.8 Å². The molecule has 0 radical (unpaired) electrons. The minimum Gasteiger partial charge on any atom is -0.342 e. The Bertz CT molecular complexity index is 910. The van der Waals surface area contributed by atoms with Gasteiger partial charge in [-0.25, -0.2) is 14.5 Å². The predicted octanol–water partition coefficient (Wildman–Crippen LogP) is 1.99. The van der Waals surface area contributed by atoms with Gasteiger partial charge in [0.25, 0.3) is 0 Å². The van der Waals surface area contributed by atoms with Crippen molar-refractivity contribution in [3.63, 3.8) is 0 Å². The summed E-state index contributed by atoms with van der Waals surface area (Å²) in [5.41, 5.74) is 1.74. The Hall–Kier alpha value is -2.41. The standard InChI is InChI=1S/C22H31N5O2/c1-16-6-3-4-8-19(16)27-20(23-24-22(27)29)14-17-9-12-26(13-10-17)21(28)18-7-5-11-25(2)15-18/h3-4,6,8,17-18H,5,7,9-15H2,1-2H3,(H,24,29). The van der Waals surface area contributed by atoms with Crippen LogP contribution in [0.1, 0.15) is 37.1 Å². The molecule has 4 rings (SSSR count). The Balaban J connectivity index is 1.39. The van der Waals surface area contributed by atoms with Crippen molar-refractivity contribution in [2.24, 2.45) is 11.8 Å². The molecule has 2 saturated heterocycles. The summed E-state index contributed by atoms with van der Waals surface area (Å²) < 4.78 is 1.70. The number of benzene rings is 1. The van der Waals surface area contributed by atoms with E-state index in [4.69, 9.17) is 0 Å². The van der Waals surface area contributed by atoms with E-state index >= 15 is 0 Å². The quantitative estimate of drug-likeness (QED) is 0.856. The number of rotatable bonds is 4. The van der Waals surface area contributed by atoms with Crippen molar-refractivity contribution >= 4 is 5.91 Å². The molecule has 1 atom stereocenters. The molecule has 0 bridgehead atoms. The summed E-state index contributed by atoms with van der Waals surface area (Å²) in [7, 11) is 2.10. The highest BCUT2D eigenvalue weighted by atomic mass is 16.2. The van der Waals surface area contributed by atoms with Crippen LogP contribution >= 0.6 is 0 Å². The predicted molar refractivity (Wildman–Crippen MR) is 112 cm³/mol. The van der Waals surface area contributed by atoms with Gasteiger partial charge in [0.2, 0.25) is 5.91 Å². The van der Waals surface area contributed by atoms with Crippen molar-refractivity contribution in [2.45, 2.75) is 39.0 Å². The molecule has 1 aromatic carbocycles. The molecule has 3 heterocycles. The number of likely N-dealkylation sites (tertiary alicyclic amines) is 2. The second-order valence-corrected chi connectivity index (χ2v) is 8.64. The number of carbonyl (C=O) groups is 1. The van der Waals surface area contributed by atoms with Gasteiger partial charge in [-0.05, 0) is 63.7 Å². The lowest BCUT2D eigenvalue weighted by Crippen LogP contribution is -2.46. The normalized spacial score (nSPS) is 21.4. The Kier molecular flexibility index (Phi) is 5.85. The van der Waals surface area contributed by atoms with Crippen LogP contribution in [0.2, 0.25) is 0 Å². The summed E-state index contributed by atoms with van der Waals surface area (Å²) in [5, 5.41) is 6.92. The van der Waals surface area contributed by atoms with E-state index in [1.807, 2.05) is 31.2 Å². The van der Waals surface area contributed by atoms with Crippen LogP contribution < -0.4 is 5.69 Å². The summed E-state index contributed by atoms with van der Waals surface area (Å²) in [6, 6.07) is 7.88. The van der Waals surface area contributed by atoms with Gasteiger partial charge in [-0.2, -0.15) is 5.10 Å². The molecular weight excluding hydrogens is 366 g/mol. The molecule has 7 nitrogen and oxygen atoms in total. The Labute approximate surface area is 171 Å². The zero-order valence-electron chi connectivity index (χ0n) is 17.4. The first-order valence-electron chi connectivity index (χ1n) is 10.7. The van der Waals surface area contributed by atoms with Crippen LogP contribution in [0.3, 0.4) is 0 Å². The first-order valence-corrected chi connectivity index (χ1v) is 10.7. The van der Waals surface area contributed by atoms with Gasteiger partial charge in [-0.15, -0.1) is 0 Å². The third kappa shape index (κ3) is 4.29. The van der Waals surface area contributed by atoms with Crippen LogP contribution in [0.25, 0.3) is 5.69 Å². The molecule has 2 fully saturated rings. The van der Waals surface area contributed by atoms with Crippen LogP contribution in [-0.4, -0.2) is 63.7 Å². The van der Waals surface area contributed by atoms with Crippen molar-refractivity contribution in [3.05, 3.63) is 46.1 Å². The largest absolute Gasteiger partial charge is 0.347 e. The van der Waals surface area contributed by atoms with E-state index in [0.717, 1.165) is 75.4 Å². The molecule has 29 heavy (non-hydrogen) atoms. The van der Waals surface area contributed by atoms with Gasteiger partial charge in [-0.3, -0.25) is 4.79 Å². The van der Waals surface area contributed by atoms with Gasteiger partial charge in [0.1, 0.15) is 5.82 Å². The summed E-state index contributed by atoms with van der Waals surface area (Å²) in [6.45, 7) is 5.60. The number of hydrogen-bond donors (Lipinski definition) is 1. The lowest BCUT2D eigenvalue weighted by molar-refractivity contribution is -0.138. The molecule has 1 aromatic heterocycles. The topological polar surface area (TPSA) is 74.2 Å². The number of aromatic amines is 1. The second-order valence-electron chi connectivity index (χ2n) is 8.64. The number of para-hydroxylation sites is 1. The van der Waals surface area contributed by atoms with Crippen LogP contribution in [0.5, 0.6) is 0 Å². The number of carbonyl (C=O) groups excluding carboxylic acids is 1. The van der Waals surface area contributed by atoms with E-state index < -0.39 is 0 Å². The smallest absolute Gasteiger partial charge is 0.342 e. The van der Waals surface area contributed by atoms with E-state index in [1.165, 1.54) is 0 Å². The molecule has 0 saturated carbocycles.